The van der Waals surface area contributed by atoms with Gasteiger partial charge in [0.25, 0.3) is 5.56 Å². The number of aromatic nitrogens is 2. The normalized spacial score (nSPS) is 11.8. The molecule has 1 N–H and O–H groups in total. The number of nitrogens with zero attached hydrogens (tertiary/aromatic N) is 2. The molecule has 1 atom stereocenters. The van der Waals surface area contributed by atoms with Gasteiger partial charge < -0.3 is 5.32 Å². The van der Waals surface area contributed by atoms with E-state index in [2.05, 4.69) is 10.4 Å². The summed E-state index contributed by atoms with van der Waals surface area (Å²) in [6, 6.07) is 18.4. The molecular weight excluding hydrogens is 345 g/mol. The van der Waals surface area contributed by atoms with E-state index < -0.39 is 0 Å². The van der Waals surface area contributed by atoms with E-state index in [0.717, 1.165) is 11.1 Å². The minimum Gasteiger partial charge on any atom is -0.350 e. The second-order valence-corrected chi connectivity index (χ2v) is 6.24. The van der Waals surface area contributed by atoms with Crippen molar-refractivity contribution >= 4 is 5.91 Å². The Bertz CT molecular complexity index is 969. The smallest absolute Gasteiger partial charge is 0.266 e. The van der Waals surface area contributed by atoms with Gasteiger partial charge in [0, 0.05) is 18.1 Å². The second-order valence-electron chi connectivity index (χ2n) is 6.24. The summed E-state index contributed by atoms with van der Waals surface area (Å²) in [6.07, 6.45) is 0.122. The maximum atomic E-state index is 13.0. The van der Waals surface area contributed by atoms with Gasteiger partial charge in [-0.1, -0.05) is 42.5 Å². The molecule has 6 heteroatoms. The van der Waals surface area contributed by atoms with E-state index in [-0.39, 0.29) is 36.3 Å². The Labute approximate surface area is 156 Å². The molecule has 0 aliphatic carbocycles. The Hall–Kier alpha value is -3.28. The highest BCUT2D eigenvalue weighted by Gasteiger charge is 2.11. The summed E-state index contributed by atoms with van der Waals surface area (Å²) >= 11 is 0. The van der Waals surface area contributed by atoms with Crippen LogP contribution < -0.4 is 10.9 Å². The van der Waals surface area contributed by atoms with Crippen LogP contribution in [0, 0.1) is 5.82 Å². The molecule has 0 aliphatic heterocycles. The van der Waals surface area contributed by atoms with E-state index in [1.807, 2.05) is 37.3 Å². The van der Waals surface area contributed by atoms with Crippen LogP contribution in [0.5, 0.6) is 0 Å². The Kier molecular flexibility index (Phi) is 5.76. The fourth-order valence-electron chi connectivity index (χ4n) is 2.73. The van der Waals surface area contributed by atoms with Crippen LogP contribution in [-0.2, 0) is 11.3 Å². The number of halogens is 1. The quantitative estimate of drug-likeness (QED) is 0.729. The maximum absolute atomic E-state index is 13.0. The van der Waals surface area contributed by atoms with Crippen molar-refractivity contribution < 1.29 is 9.18 Å². The van der Waals surface area contributed by atoms with Crippen LogP contribution in [0.1, 0.15) is 24.9 Å². The molecule has 0 bridgehead atoms. The molecular formula is C21H20FN3O2. The minimum absolute atomic E-state index is 0.122. The number of hydrogen-bond donors (Lipinski definition) is 1. The van der Waals surface area contributed by atoms with Gasteiger partial charge in [0.2, 0.25) is 5.91 Å². The molecule has 0 aliphatic rings. The largest absolute Gasteiger partial charge is 0.350 e. The predicted octanol–water partition coefficient (Wildman–Crippen LogP) is 3.32. The summed E-state index contributed by atoms with van der Waals surface area (Å²) in [7, 11) is 0. The van der Waals surface area contributed by atoms with Gasteiger partial charge in [-0.3, -0.25) is 9.59 Å². The van der Waals surface area contributed by atoms with Crippen LogP contribution in [0.25, 0.3) is 11.3 Å². The summed E-state index contributed by atoms with van der Waals surface area (Å²) in [4.78, 5) is 24.2. The molecule has 1 aromatic heterocycles. The average molecular weight is 365 g/mol. The summed E-state index contributed by atoms with van der Waals surface area (Å²) in [5, 5.41) is 7.19. The van der Waals surface area contributed by atoms with E-state index in [1.165, 1.54) is 22.9 Å². The maximum Gasteiger partial charge on any atom is 0.266 e. The van der Waals surface area contributed by atoms with Gasteiger partial charge in [-0.05, 0) is 30.7 Å². The Morgan fingerprint density at radius 2 is 1.78 bits per heavy atom. The molecule has 1 heterocycles. The number of hydrogen-bond acceptors (Lipinski definition) is 3. The number of amides is 1. The summed E-state index contributed by atoms with van der Waals surface area (Å²) in [5.74, 6) is -0.522. The number of carbonyl (C=O) groups excluding carboxylic acids is 1. The molecule has 138 valence electrons. The summed E-state index contributed by atoms with van der Waals surface area (Å²) in [5.41, 5.74) is 2.14. The van der Waals surface area contributed by atoms with Gasteiger partial charge in [0.1, 0.15) is 5.82 Å². The lowest BCUT2D eigenvalue weighted by molar-refractivity contribution is -0.122. The Morgan fingerprint density at radius 3 is 2.48 bits per heavy atom. The van der Waals surface area contributed by atoms with Crippen LogP contribution in [0.15, 0.2) is 71.5 Å². The van der Waals surface area contributed by atoms with Crippen molar-refractivity contribution in [3.63, 3.8) is 0 Å². The Balaban J connectivity index is 1.63. The third kappa shape index (κ3) is 4.88. The first-order valence-corrected chi connectivity index (χ1v) is 8.71. The van der Waals surface area contributed by atoms with Crippen molar-refractivity contribution in [2.75, 3.05) is 0 Å². The van der Waals surface area contributed by atoms with E-state index >= 15 is 0 Å². The van der Waals surface area contributed by atoms with Crippen LogP contribution in [0.4, 0.5) is 4.39 Å². The van der Waals surface area contributed by atoms with Crippen molar-refractivity contribution in [3.05, 3.63) is 88.5 Å². The van der Waals surface area contributed by atoms with Crippen molar-refractivity contribution in [1.82, 2.24) is 15.1 Å². The number of nitrogens with one attached hydrogen (secondary N) is 1. The zero-order valence-corrected chi connectivity index (χ0v) is 14.9. The lowest BCUT2D eigenvalue weighted by Crippen LogP contribution is -2.30. The lowest BCUT2D eigenvalue weighted by Gasteiger charge is -2.14. The topological polar surface area (TPSA) is 64.0 Å². The molecule has 2 aromatic carbocycles. The molecule has 0 radical (unpaired) electrons. The fourth-order valence-corrected chi connectivity index (χ4v) is 2.73. The molecule has 0 spiro atoms. The van der Waals surface area contributed by atoms with Crippen LogP contribution in [0.3, 0.4) is 0 Å². The van der Waals surface area contributed by atoms with E-state index in [0.29, 0.717) is 5.69 Å². The fraction of sp³-hybridized carbons (Fsp3) is 0.190. The number of benzene rings is 2. The molecule has 1 unspecified atom stereocenters. The van der Waals surface area contributed by atoms with Gasteiger partial charge in [-0.15, -0.1) is 0 Å². The van der Waals surface area contributed by atoms with E-state index in [9.17, 15) is 14.0 Å². The van der Waals surface area contributed by atoms with Crippen molar-refractivity contribution in [2.45, 2.75) is 25.9 Å². The summed E-state index contributed by atoms with van der Waals surface area (Å²) in [6.45, 7) is 2.01. The zero-order chi connectivity index (χ0) is 19.2. The number of rotatable bonds is 6. The van der Waals surface area contributed by atoms with Gasteiger partial charge in [0.05, 0.1) is 18.3 Å². The number of carbonyl (C=O) groups is 1. The highest BCUT2D eigenvalue weighted by Crippen LogP contribution is 2.15. The first kappa shape index (κ1) is 18.5. The lowest BCUT2D eigenvalue weighted by atomic mass is 10.1. The van der Waals surface area contributed by atoms with Gasteiger partial charge in [0.15, 0.2) is 0 Å². The molecule has 0 fully saturated rings. The van der Waals surface area contributed by atoms with Crippen LogP contribution in [-0.4, -0.2) is 15.7 Å². The highest BCUT2D eigenvalue weighted by atomic mass is 19.1. The molecule has 0 saturated heterocycles. The van der Waals surface area contributed by atoms with E-state index in [1.54, 1.807) is 18.2 Å². The third-order valence-corrected chi connectivity index (χ3v) is 4.23. The first-order valence-electron chi connectivity index (χ1n) is 8.71. The highest BCUT2D eigenvalue weighted by molar-refractivity contribution is 5.76. The monoisotopic (exact) mass is 365 g/mol. The van der Waals surface area contributed by atoms with Crippen molar-refractivity contribution in [3.8, 4) is 11.3 Å². The van der Waals surface area contributed by atoms with Crippen LogP contribution >= 0.6 is 0 Å². The standard InChI is InChI=1S/C21H20FN3O2/c1-15(16-7-9-18(22)10-8-16)23-20(26)13-14-25-21(27)12-11-19(24-25)17-5-3-2-4-6-17/h2-12,15H,13-14H2,1H3,(H,23,26). The Morgan fingerprint density at radius 1 is 1.07 bits per heavy atom. The molecule has 3 aromatic rings. The van der Waals surface area contributed by atoms with Crippen LogP contribution in [0.2, 0.25) is 0 Å². The zero-order valence-electron chi connectivity index (χ0n) is 14.9. The van der Waals surface area contributed by atoms with Crippen molar-refractivity contribution in [2.24, 2.45) is 0 Å². The third-order valence-electron chi connectivity index (χ3n) is 4.23. The second kappa shape index (κ2) is 8.40. The number of aryl methyl sites for hydroxylation is 1. The van der Waals surface area contributed by atoms with E-state index in [4.69, 9.17) is 0 Å². The average Bonchev–Trinajstić information content (AvgIpc) is 2.68. The predicted molar refractivity (Wildman–Crippen MR) is 102 cm³/mol. The summed E-state index contributed by atoms with van der Waals surface area (Å²) < 4.78 is 14.3. The van der Waals surface area contributed by atoms with Crippen molar-refractivity contribution in [1.29, 1.82) is 0 Å². The molecule has 0 saturated carbocycles. The molecule has 1 amide bonds. The van der Waals surface area contributed by atoms with Gasteiger partial charge in [-0.25, -0.2) is 9.07 Å². The van der Waals surface area contributed by atoms with Gasteiger partial charge in [-0.2, -0.15) is 5.10 Å². The molecule has 5 nitrogen and oxygen atoms in total. The first-order chi connectivity index (χ1) is 13.0. The minimum atomic E-state index is -0.318. The molecule has 27 heavy (non-hydrogen) atoms. The SMILES string of the molecule is CC(NC(=O)CCn1nc(-c2ccccc2)ccc1=O)c1ccc(F)cc1. The van der Waals surface area contributed by atoms with Gasteiger partial charge >= 0.3 is 0 Å². The molecule has 3 rings (SSSR count).